The van der Waals surface area contributed by atoms with E-state index in [4.69, 9.17) is 25.0 Å². The molecule has 0 amide bonds. The van der Waals surface area contributed by atoms with Crippen molar-refractivity contribution in [2.24, 2.45) is 0 Å². The standard InChI is InChI=1S/C32H29F3N4O5/c1-2-42-30(40)16-25-28(4-3-5-29(25)44-32(33,34)35)43-18-26-24-15-21(8-9-27(24)39(38-26)22-11-13-41-17-22)20-7-6-19-10-12-37-31(36)23(19)14-20/h3-10,12,14-15,22H,2,11,13,16-18H2,1H3,(H2,36,37). The minimum atomic E-state index is -4.96. The number of pyridine rings is 1. The van der Waals surface area contributed by atoms with E-state index in [-0.39, 0.29) is 30.6 Å². The number of carbonyl (C=O) groups excluding carboxylic acids is 1. The number of nitrogen functional groups attached to an aromatic ring is 1. The van der Waals surface area contributed by atoms with Crippen LogP contribution in [0, 0.1) is 0 Å². The lowest BCUT2D eigenvalue weighted by atomic mass is 10.00. The van der Waals surface area contributed by atoms with Gasteiger partial charge in [-0.05, 0) is 66.3 Å². The molecule has 0 radical (unpaired) electrons. The summed E-state index contributed by atoms with van der Waals surface area (Å²) in [6, 6.07) is 17.9. The number of esters is 1. The SMILES string of the molecule is CCOC(=O)Cc1c(OCc2nn(C3CCOC3)c3ccc(-c4ccc5ccnc(N)c5c4)cc23)cccc1OC(F)(F)F. The third kappa shape index (κ3) is 6.11. The minimum Gasteiger partial charge on any atom is -0.487 e. The molecule has 1 aliphatic rings. The summed E-state index contributed by atoms with van der Waals surface area (Å²) in [5.74, 6) is -0.749. The highest BCUT2D eigenvalue weighted by molar-refractivity contribution is 5.95. The number of aromatic nitrogens is 3. The highest BCUT2D eigenvalue weighted by Crippen LogP contribution is 2.36. The number of hydrogen-bond donors (Lipinski definition) is 1. The Kier molecular flexibility index (Phi) is 8.00. The number of halogens is 3. The van der Waals surface area contributed by atoms with Crippen molar-refractivity contribution in [3.63, 3.8) is 0 Å². The number of nitrogens with zero attached hydrogens (tertiary/aromatic N) is 3. The molecule has 44 heavy (non-hydrogen) atoms. The molecule has 0 spiro atoms. The van der Waals surface area contributed by atoms with E-state index in [0.29, 0.717) is 24.7 Å². The molecular formula is C32H29F3N4O5. The van der Waals surface area contributed by atoms with E-state index in [1.807, 2.05) is 47.1 Å². The number of rotatable bonds is 9. The van der Waals surface area contributed by atoms with Crippen LogP contribution >= 0.6 is 0 Å². The molecule has 5 aromatic rings. The number of fused-ring (bicyclic) bond motifs is 2. The smallest absolute Gasteiger partial charge is 0.487 e. The van der Waals surface area contributed by atoms with Crippen molar-refractivity contribution in [3.05, 3.63) is 78.1 Å². The van der Waals surface area contributed by atoms with Gasteiger partial charge in [0.05, 0.1) is 31.2 Å². The van der Waals surface area contributed by atoms with Crippen molar-refractivity contribution in [1.82, 2.24) is 14.8 Å². The molecule has 228 valence electrons. The molecular weight excluding hydrogens is 577 g/mol. The lowest BCUT2D eigenvalue weighted by Gasteiger charge is -2.16. The Labute approximate surface area is 250 Å². The molecule has 1 atom stereocenters. The third-order valence-electron chi connectivity index (χ3n) is 7.47. The fourth-order valence-corrected chi connectivity index (χ4v) is 5.43. The lowest BCUT2D eigenvalue weighted by Crippen LogP contribution is -2.19. The second kappa shape index (κ2) is 12.0. The molecule has 1 aliphatic heterocycles. The molecule has 1 unspecified atom stereocenters. The molecule has 1 fully saturated rings. The average Bonchev–Trinajstić information content (AvgIpc) is 3.65. The quantitative estimate of drug-likeness (QED) is 0.193. The largest absolute Gasteiger partial charge is 0.573 e. The number of alkyl halides is 3. The van der Waals surface area contributed by atoms with Gasteiger partial charge in [0.25, 0.3) is 0 Å². The molecule has 0 bridgehead atoms. The summed E-state index contributed by atoms with van der Waals surface area (Å²) < 4.78 is 62.4. The van der Waals surface area contributed by atoms with E-state index in [9.17, 15) is 18.0 Å². The van der Waals surface area contributed by atoms with Gasteiger partial charge < -0.3 is 24.7 Å². The maximum Gasteiger partial charge on any atom is 0.573 e. The Morgan fingerprint density at radius 1 is 1.07 bits per heavy atom. The molecule has 2 aromatic heterocycles. The van der Waals surface area contributed by atoms with Crippen molar-refractivity contribution in [3.8, 4) is 22.6 Å². The van der Waals surface area contributed by atoms with E-state index in [1.165, 1.54) is 12.1 Å². The molecule has 12 heteroatoms. The van der Waals surface area contributed by atoms with Gasteiger partial charge in [-0.25, -0.2) is 4.98 Å². The molecule has 6 rings (SSSR count). The van der Waals surface area contributed by atoms with E-state index in [0.717, 1.165) is 45.3 Å². The predicted octanol–water partition coefficient (Wildman–Crippen LogP) is 6.38. The lowest BCUT2D eigenvalue weighted by molar-refractivity contribution is -0.275. The number of hydrogen-bond acceptors (Lipinski definition) is 8. The molecule has 9 nitrogen and oxygen atoms in total. The summed E-state index contributed by atoms with van der Waals surface area (Å²) in [4.78, 5) is 16.5. The summed E-state index contributed by atoms with van der Waals surface area (Å²) in [6.45, 7) is 2.74. The maximum atomic E-state index is 13.2. The van der Waals surface area contributed by atoms with Gasteiger partial charge in [0.2, 0.25) is 0 Å². The molecule has 3 aromatic carbocycles. The van der Waals surface area contributed by atoms with Gasteiger partial charge in [-0.2, -0.15) is 5.10 Å². The number of benzene rings is 3. The number of carbonyl (C=O) groups is 1. The summed E-state index contributed by atoms with van der Waals surface area (Å²) >= 11 is 0. The van der Waals surface area contributed by atoms with Gasteiger partial charge in [-0.15, -0.1) is 13.2 Å². The van der Waals surface area contributed by atoms with Crippen LogP contribution in [0.25, 0.3) is 32.8 Å². The maximum absolute atomic E-state index is 13.2. The molecule has 3 heterocycles. The molecule has 1 saturated heterocycles. The molecule has 0 aliphatic carbocycles. The fraction of sp³-hybridized carbons (Fsp3) is 0.281. The first-order chi connectivity index (χ1) is 21.2. The normalized spacial score (nSPS) is 15.1. The Morgan fingerprint density at radius 2 is 1.84 bits per heavy atom. The summed E-state index contributed by atoms with van der Waals surface area (Å²) in [6.07, 6.45) is -2.97. The van der Waals surface area contributed by atoms with E-state index < -0.39 is 24.5 Å². The molecule has 2 N–H and O–H groups in total. The van der Waals surface area contributed by atoms with Crippen molar-refractivity contribution >= 4 is 33.5 Å². The first-order valence-corrected chi connectivity index (χ1v) is 14.1. The Balaban J connectivity index is 1.38. The van der Waals surface area contributed by atoms with Gasteiger partial charge in [0, 0.05) is 29.1 Å². The van der Waals surface area contributed by atoms with Crippen LogP contribution in [0.2, 0.25) is 0 Å². The minimum absolute atomic E-state index is 0.0199. The van der Waals surface area contributed by atoms with Crippen LogP contribution in [0.15, 0.2) is 66.9 Å². The first-order valence-electron chi connectivity index (χ1n) is 14.1. The molecule has 0 saturated carbocycles. The number of nitrogens with two attached hydrogens (primary N) is 1. The van der Waals surface area contributed by atoms with Crippen molar-refractivity contribution in [2.75, 3.05) is 25.6 Å². The van der Waals surface area contributed by atoms with Gasteiger partial charge >= 0.3 is 12.3 Å². The van der Waals surface area contributed by atoms with Gasteiger partial charge in [-0.3, -0.25) is 9.48 Å². The van der Waals surface area contributed by atoms with E-state index in [2.05, 4.69) is 9.72 Å². The number of ether oxygens (including phenoxy) is 4. The first kappa shape index (κ1) is 29.2. The van der Waals surface area contributed by atoms with Crippen LogP contribution in [0.1, 0.15) is 30.6 Å². The van der Waals surface area contributed by atoms with E-state index in [1.54, 1.807) is 13.1 Å². The number of anilines is 1. The van der Waals surface area contributed by atoms with Crippen LogP contribution in [0.5, 0.6) is 11.5 Å². The van der Waals surface area contributed by atoms with Crippen LogP contribution in [0.4, 0.5) is 19.0 Å². The van der Waals surface area contributed by atoms with Crippen LogP contribution in [-0.4, -0.2) is 46.9 Å². The summed E-state index contributed by atoms with van der Waals surface area (Å²) in [7, 11) is 0. The Morgan fingerprint density at radius 3 is 2.59 bits per heavy atom. The van der Waals surface area contributed by atoms with Crippen LogP contribution < -0.4 is 15.2 Å². The zero-order chi connectivity index (χ0) is 30.8. The zero-order valence-electron chi connectivity index (χ0n) is 23.8. The van der Waals surface area contributed by atoms with Gasteiger partial charge in [-0.1, -0.05) is 24.3 Å². The van der Waals surface area contributed by atoms with Crippen molar-refractivity contribution in [1.29, 1.82) is 0 Å². The van der Waals surface area contributed by atoms with Crippen molar-refractivity contribution < 1.29 is 36.9 Å². The van der Waals surface area contributed by atoms with E-state index >= 15 is 0 Å². The highest BCUT2D eigenvalue weighted by Gasteiger charge is 2.33. The average molecular weight is 607 g/mol. The third-order valence-corrected chi connectivity index (χ3v) is 7.47. The Hall–Kier alpha value is -4.84. The monoisotopic (exact) mass is 606 g/mol. The van der Waals surface area contributed by atoms with Crippen LogP contribution in [0.3, 0.4) is 0 Å². The van der Waals surface area contributed by atoms with Gasteiger partial charge in [0.15, 0.2) is 0 Å². The topological polar surface area (TPSA) is 111 Å². The highest BCUT2D eigenvalue weighted by atomic mass is 19.4. The zero-order valence-corrected chi connectivity index (χ0v) is 23.8. The summed E-state index contributed by atoms with van der Waals surface area (Å²) in [5, 5.41) is 7.48. The fourth-order valence-electron chi connectivity index (χ4n) is 5.43. The Bertz CT molecular complexity index is 1830. The second-order valence-corrected chi connectivity index (χ2v) is 10.3. The summed E-state index contributed by atoms with van der Waals surface area (Å²) in [5.41, 5.74) is 9.34. The van der Waals surface area contributed by atoms with Gasteiger partial charge in [0.1, 0.15) is 29.6 Å². The van der Waals surface area contributed by atoms with Crippen LogP contribution in [-0.2, 0) is 27.3 Å². The predicted molar refractivity (Wildman–Crippen MR) is 157 cm³/mol. The second-order valence-electron chi connectivity index (χ2n) is 10.3. The van der Waals surface area contributed by atoms with Crippen molar-refractivity contribution in [2.45, 2.75) is 38.8 Å².